The van der Waals surface area contributed by atoms with Crippen LogP contribution in [-0.2, 0) is 4.74 Å². The Morgan fingerprint density at radius 1 is 1.00 bits per heavy atom. The van der Waals surface area contributed by atoms with Crippen molar-refractivity contribution >= 4 is 5.96 Å². The van der Waals surface area contributed by atoms with Gasteiger partial charge < -0.3 is 29.7 Å². The SMILES string of the molecule is CN=C(NCCOc1ccc(OC)cc1)NCCN(C)CCOC. The summed E-state index contributed by atoms with van der Waals surface area (Å²) in [5, 5.41) is 6.50. The van der Waals surface area contributed by atoms with Crippen molar-refractivity contribution in [2.24, 2.45) is 4.99 Å². The molecule has 7 heteroatoms. The summed E-state index contributed by atoms with van der Waals surface area (Å²) in [7, 11) is 7.19. The molecule has 2 N–H and O–H groups in total. The molecule has 136 valence electrons. The predicted molar refractivity (Wildman–Crippen MR) is 97.2 cm³/mol. The maximum atomic E-state index is 5.66. The number of nitrogens with one attached hydrogen (secondary N) is 2. The molecule has 0 heterocycles. The Morgan fingerprint density at radius 2 is 1.67 bits per heavy atom. The lowest BCUT2D eigenvalue weighted by Gasteiger charge is -2.17. The Labute approximate surface area is 145 Å². The van der Waals surface area contributed by atoms with Gasteiger partial charge in [-0.2, -0.15) is 0 Å². The van der Waals surface area contributed by atoms with Crippen LogP contribution in [0.25, 0.3) is 0 Å². The average molecular weight is 338 g/mol. The Hall–Kier alpha value is -1.99. The van der Waals surface area contributed by atoms with Gasteiger partial charge in [0.25, 0.3) is 0 Å². The first-order valence-electron chi connectivity index (χ1n) is 8.08. The highest BCUT2D eigenvalue weighted by Crippen LogP contribution is 2.16. The van der Waals surface area contributed by atoms with E-state index in [4.69, 9.17) is 14.2 Å². The van der Waals surface area contributed by atoms with Gasteiger partial charge in [-0.15, -0.1) is 0 Å². The highest BCUT2D eigenvalue weighted by atomic mass is 16.5. The fourth-order valence-corrected chi connectivity index (χ4v) is 1.95. The van der Waals surface area contributed by atoms with E-state index < -0.39 is 0 Å². The number of methoxy groups -OCH3 is 2. The van der Waals surface area contributed by atoms with Gasteiger partial charge in [0.1, 0.15) is 18.1 Å². The van der Waals surface area contributed by atoms with Crippen LogP contribution < -0.4 is 20.1 Å². The molecule has 0 unspecified atom stereocenters. The topological polar surface area (TPSA) is 67.4 Å². The molecule has 0 aromatic heterocycles. The monoisotopic (exact) mass is 338 g/mol. The van der Waals surface area contributed by atoms with Crippen LogP contribution in [0.15, 0.2) is 29.3 Å². The highest BCUT2D eigenvalue weighted by Gasteiger charge is 2.00. The Kier molecular flexibility index (Phi) is 10.4. The molecule has 0 amide bonds. The lowest BCUT2D eigenvalue weighted by atomic mass is 10.3. The van der Waals surface area contributed by atoms with Crippen LogP contribution in [0.2, 0.25) is 0 Å². The first kappa shape index (κ1) is 20.1. The molecule has 0 spiro atoms. The molecule has 1 rings (SSSR count). The molecule has 1 aromatic carbocycles. The second-order valence-corrected chi connectivity index (χ2v) is 5.25. The molecule has 0 radical (unpaired) electrons. The number of ether oxygens (including phenoxy) is 3. The van der Waals surface area contributed by atoms with Crippen LogP contribution in [0.4, 0.5) is 0 Å². The van der Waals surface area contributed by atoms with Crippen molar-refractivity contribution in [3.63, 3.8) is 0 Å². The van der Waals surface area contributed by atoms with Crippen LogP contribution in [0.3, 0.4) is 0 Å². The normalized spacial score (nSPS) is 11.5. The molecule has 0 fully saturated rings. The summed E-state index contributed by atoms with van der Waals surface area (Å²) in [6.45, 7) is 4.63. The molecule has 0 aliphatic carbocycles. The van der Waals surface area contributed by atoms with Gasteiger partial charge in [0, 0.05) is 33.8 Å². The zero-order chi connectivity index (χ0) is 17.6. The van der Waals surface area contributed by atoms with Crippen molar-refractivity contribution in [2.45, 2.75) is 0 Å². The quantitative estimate of drug-likeness (QED) is 0.354. The van der Waals surface area contributed by atoms with E-state index in [-0.39, 0.29) is 0 Å². The Bertz CT molecular complexity index is 465. The molecular weight excluding hydrogens is 308 g/mol. The second kappa shape index (κ2) is 12.4. The van der Waals surface area contributed by atoms with Crippen molar-refractivity contribution in [1.82, 2.24) is 15.5 Å². The molecule has 0 atom stereocenters. The molecule has 0 saturated carbocycles. The number of aliphatic imine (C=N–C) groups is 1. The maximum absolute atomic E-state index is 5.66. The van der Waals surface area contributed by atoms with E-state index in [2.05, 4.69) is 27.6 Å². The van der Waals surface area contributed by atoms with E-state index in [1.807, 2.05) is 24.3 Å². The molecule has 0 saturated heterocycles. The second-order valence-electron chi connectivity index (χ2n) is 5.25. The van der Waals surface area contributed by atoms with Crippen LogP contribution in [-0.4, -0.2) is 78.6 Å². The van der Waals surface area contributed by atoms with Crippen molar-refractivity contribution in [3.8, 4) is 11.5 Å². The van der Waals surface area contributed by atoms with E-state index in [0.29, 0.717) is 13.2 Å². The van der Waals surface area contributed by atoms with Crippen molar-refractivity contribution in [1.29, 1.82) is 0 Å². The molecule has 7 nitrogen and oxygen atoms in total. The van der Waals surface area contributed by atoms with Crippen LogP contribution in [0, 0.1) is 0 Å². The molecule has 0 bridgehead atoms. The molecule has 1 aromatic rings. The fraction of sp³-hybridized carbons (Fsp3) is 0.588. The summed E-state index contributed by atoms with van der Waals surface area (Å²) in [5.41, 5.74) is 0. The third-order valence-electron chi connectivity index (χ3n) is 3.41. The number of likely N-dealkylation sites (N-methyl/N-ethyl adjacent to an activating group) is 1. The first-order chi connectivity index (χ1) is 11.7. The lowest BCUT2D eigenvalue weighted by molar-refractivity contribution is 0.162. The smallest absolute Gasteiger partial charge is 0.191 e. The number of rotatable bonds is 11. The van der Waals surface area contributed by atoms with Crippen LogP contribution in [0.1, 0.15) is 0 Å². The van der Waals surface area contributed by atoms with Gasteiger partial charge >= 0.3 is 0 Å². The van der Waals surface area contributed by atoms with Crippen molar-refractivity contribution < 1.29 is 14.2 Å². The summed E-state index contributed by atoms with van der Waals surface area (Å²) in [5.74, 6) is 2.41. The number of hydrogen-bond donors (Lipinski definition) is 2. The Balaban J connectivity index is 2.15. The average Bonchev–Trinajstić information content (AvgIpc) is 2.62. The third-order valence-corrected chi connectivity index (χ3v) is 3.41. The van der Waals surface area contributed by atoms with Crippen LogP contribution in [0.5, 0.6) is 11.5 Å². The van der Waals surface area contributed by atoms with Crippen LogP contribution >= 0.6 is 0 Å². The zero-order valence-corrected chi connectivity index (χ0v) is 15.2. The van der Waals surface area contributed by atoms with E-state index in [1.165, 1.54) is 0 Å². The summed E-state index contributed by atoms with van der Waals surface area (Å²) >= 11 is 0. The minimum Gasteiger partial charge on any atom is -0.497 e. The minimum atomic E-state index is 0.556. The van der Waals surface area contributed by atoms with E-state index >= 15 is 0 Å². The minimum absolute atomic E-state index is 0.556. The number of hydrogen-bond acceptors (Lipinski definition) is 5. The third kappa shape index (κ3) is 8.59. The number of guanidine groups is 1. The first-order valence-corrected chi connectivity index (χ1v) is 8.08. The van der Waals surface area contributed by atoms with Gasteiger partial charge in [0.15, 0.2) is 5.96 Å². The van der Waals surface area contributed by atoms with E-state index in [9.17, 15) is 0 Å². The van der Waals surface area contributed by atoms with Crippen molar-refractivity contribution in [2.75, 3.05) is 67.7 Å². The summed E-state index contributed by atoms with van der Waals surface area (Å²) in [4.78, 5) is 6.40. The largest absolute Gasteiger partial charge is 0.497 e. The lowest BCUT2D eigenvalue weighted by Crippen LogP contribution is -2.42. The number of benzene rings is 1. The maximum Gasteiger partial charge on any atom is 0.191 e. The Morgan fingerprint density at radius 3 is 2.29 bits per heavy atom. The molecule has 0 aliphatic rings. The summed E-state index contributed by atoms with van der Waals surface area (Å²) in [6.07, 6.45) is 0. The summed E-state index contributed by atoms with van der Waals surface area (Å²) < 4.78 is 15.8. The van der Waals surface area contributed by atoms with E-state index in [1.54, 1.807) is 21.3 Å². The van der Waals surface area contributed by atoms with Crippen molar-refractivity contribution in [3.05, 3.63) is 24.3 Å². The zero-order valence-electron chi connectivity index (χ0n) is 15.2. The van der Waals surface area contributed by atoms with Gasteiger partial charge in [0.05, 0.1) is 20.3 Å². The molecule has 0 aliphatic heterocycles. The van der Waals surface area contributed by atoms with Gasteiger partial charge in [-0.3, -0.25) is 4.99 Å². The van der Waals surface area contributed by atoms with Gasteiger partial charge in [-0.05, 0) is 31.3 Å². The number of nitrogens with zero attached hydrogens (tertiary/aromatic N) is 2. The van der Waals surface area contributed by atoms with Gasteiger partial charge in [-0.1, -0.05) is 0 Å². The standard InChI is InChI=1S/C17H30N4O3/c1-18-17(19-9-11-21(2)12-14-22-3)20-10-13-24-16-7-5-15(23-4)6-8-16/h5-8H,9-14H2,1-4H3,(H2,18,19,20). The fourth-order valence-electron chi connectivity index (χ4n) is 1.95. The van der Waals surface area contributed by atoms with Gasteiger partial charge in [0.2, 0.25) is 0 Å². The van der Waals surface area contributed by atoms with Gasteiger partial charge in [-0.25, -0.2) is 0 Å². The predicted octanol–water partition coefficient (Wildman–Crippen LogP) is 0.817. The van der Waals surface area contributed by atoms with E-state index in [0.717, 1.165) is 43.7 Å². The summed E-state index contributed by atoms with van der Waals surface area (Å²) in [6, 6.07) is 7.54. The molecule has 24 heavy (non-hydrogen) atoms. The molecular formula is C17H30N4O3. The highest BCUT2D eigenvalue weighted by molar-refractivity contribution is 5.79.